The minimum Gasteiger partial charge on any atom is -0.309 e. The van der Waals surface area contributed by atoms with Crippen LogP contribution in [-0.2, 0) is 0 Å². The zero-order valence-electron chi connectivity index (χ0n) is 5.68. The van der Waals surface area contributed by atoms with Gasteiger partial charge >= 0.3 is 0 Å². The van der Waals surface area contributed by atoms with Crippen LogP contribution in [0.1, 0.15) is 5.82 Å². The molecule has 2 N–H and O–H groups in total. The summed E-state index contributed by atoms with van der Waals surface area (Å²) in [5.74, 6) is 6.23. The van der Waals surface area contributed by atoms with Gasteiger partial charge in [0.1, 0.15) is 6.33 Å². The molecule has 10 heavy (non-hydrogen) atoms. The van der Waals surface area contributed by atoms with Crippen molar-refractivity contribution in [2.45, 2.75) is 0 Å². The van der Waals surface area contributed by atoms with Crippen LogP contribution in [0, 0.1) is 11.8 Å². The fourth-order valence-corrected chi connectivity index (χ4v) is 0.482. The largest absolute Gasteiger partial charge is 0.309 e. The minimum atomic E-state index is 0.607. The summed E-state index contributed by atoms with van der Waals surface area (Å²) in [5.41, 5.74) is 0. The highest BCUT2D eigenvalue weighted by Crippen LogP contribution is 1.77. The Bertz CT molecular complexity index is 228. The molecule has 0 unspecified atom stereocenters. The molecule has 0 atom stereocenters. The molecular weight excluding hydrogens is 128 g/mol. The van der Waals surface area contributed by atoms with Crippen LogP contribution < -0.4 is 5.32 Å². The van der Waals surface area contributed by atoms with Gasteiger partial charge in [0.2, 0.25) is 5.82 Å². The van der Waals surface area contributed by atoms with Crippen LogP contribution in [0.3, 0.4) is 0 Å². The Balaban J connectivity index is 2.49. The molecule has 4 heteroatoms. The van der Waals surface area contributed by atoms with Crippen molar-refractivity contribution in [3.05, 3.63) is 12.2 Å². The molecule has 0 amide bonds. The molecule has 0 spiro atoms. The van der Waals surface area contributed by atoms with Gasteiger partial charge in [0.15, 0.2) is 0 Å². The first-order valence-electron chi connectivity index (χ1n) is 2.92. The summed E-state index contributed by atoms with van der Waals surface area (Å²) in [6, 6.07) is 0. The highest BCUT2D eigenvalue weighted by Gasteiger charge is 1.83. The second-order valence-electron chi connectivity index (χ2n) is 1.67. The second kappa shape index (κ2) is 3.64. The van der Waals surface area contributed by atoms with Crippen LogP contribution in [-0.4, -0.2) is 28.8 Å². The minimum absolute atomic E-state index is 0.607. The van der Waals surface area contributed by atoms with Gasteiger partial charge in [0.05, 0.1) is 6.54 Å². The van der Waals surface area contributed by atoms with Gasteiger partial charge in [-0.15, -0.1) is 0 Å². The zero-order valence-corrected chi connectivity index (χ0v) is 5.68. The summed E-state index contributed by atoms with van der Waals surface area (Å²) in [7, 11) is 1.84. The summed E-state index contributed by atoms with van der Waals surface area (Å²) in [5, 5.41) is 9.17. The lowest BCUT2D eigenvalue weighted by Gasteiger charge is -1.80. The molecule has 0 bridgehead atoms. The Labute approximate surface area is 59.1 Å². The van der Waals surface area contributed by atoms with Gasteiger partial charge in [0.25, 0.3) is 0 Å². The van der Waals surface area contributed by atoms with E-state index in [0.29, 0.717) is 12.4 Å². The van der Waals surface area contributed by atoms with E-state index in [1.54, 1.807) is 0 Å². The van der Waals surface area contributed by atoms with E-state index in [0.717, 1.165) is 0 Å². The molecule has 1 rings (SSSR count). The van der Waals surface area contributed by atoms with E-state index in [-0.39, 0.29) is 0 Å². The third-order valence-electron chi connectivity index (χ3n) is 0.887. The maximum absolute atomic E-state index is 3.82. The van der Waals surface area contributed by atoms with Crippen molar-refractivity contribution in [1.82, 2.24) is 20.5 Å². The molecule has 0 aliphatic heterocycles. The number of nitrogens with one attached hydrogen (secondary N) is 2. The van der Waals surface area contributed by atoms with Gasteiger partial charge in [0, 0.05) is 0 Å². The van der Waals surface area contributed by atoms with Crippen LogP contribution in [0.2, 0.25) is 0 Å². The number of H-pyrrole nitrogens is 1. The van der Waals surface area contributed by atoms with E-state index < -0.39 is 0 Å². The maximum Gasteiger partial charge on any atom is 0.200 e. The van der Waals surface area contributed by atoms with E-state index in [4.69, 9.17) is 0 Å². The summed E-state index contributed by atoms with van der Waals surface area (Å²) in [6.45, 7) is 0.667. The van der Waals surface area contributed by atoms with Crippen molar-refractivity contribution < 1.29 is 0 Å². The van der Waals surface area contributed by atoms with Gasteiger partial charge in [-0.2, -0.15) is 5.10 Å². The summed E-state index contributed by atoms with van der Waals surface area (Å²) < 4.78 is 0. The molecule has 0 radical (unpaired) electrons. The van der Waals surface area contributed by atoms with E-state index in [2.05, 4.69) is 32.3 Å². The quantitative estimate of drug-likeness (QED) is 0.506. The van der Waals surface area contributed by atoms with E-state index in [1.807, 2.05) is 7.05 Å². The van der Waals surface area contributed by atoms with Gasteiger partial charge < -0.3 is 5.32 Å². The van der Waals surface area contributed by atoms with E-state index in [1.165, 1.54) is 6.33 Å². The van der Waals surface area contributed by atoms with Crippen LogP contribution in [0.4, 0.5) is 0 Å². The van der Waals surface area contributed by atoms with Crippen molar-refractivity contribution >= 4 is 0 Å². The van der Waals surface area contributed by atoms with Gasteiger partial charge in [-0.3, -0.25) is 5.10 Å². The summed E-state index contributed by atoms with van der Waals surface area (Å²) >= 11 is 0. The third-order valence-corrected chi connectivity index (χ3v) is 0.887. The molecule has 1 heterocycles. The SMILES string of the molecule is CNCC#Cc1ncn[nH]1. The standard InChI is InChI=1S/C6H8N4/c1-7-4-2-3-6-8-5-9-10-6/h5,7H,4H2,1H3,(H,8,9,10). The highest BCUT2D eigenvalue weighted by molar-refractivity contribution is 5.18. The fraction of sp³-hybridized carbons (Fsp3) is 0.333. The van der Waals surface area contributed by atoms with Gasteiger partial charge in [-0.1, -0.05) is 5.92 Å². The molecule has 0 aliphatic carbocycles. The first-order valence-corrected chi connectivity index (χ1v) is 2.92. The van der Waals surface area contributed by atoms with E-state index >= 15 is 0 Å². The van der Waals surface area contributed by atoms with Crippen molar-refractivity contribution in [2.24, 2.45) is 0 Å². The first-order chi connectivity index (χ1) is 4.93. The van der Waals surface area contributed by atoms with Crippen LogP contribution in [0.25, 0.3) is 0 Å². The monoisotopic (exact) mass is 136 g/mol. The van der Waals surface area contributed by atoms with Crippen LogP contribution in [0.5, 0.6) is 0 Å². The van der Waals surface area contributed by atoms with Crippen LogP contribution in [0.15, 0.2) is 6.33 Å². The molecular formula is C6H8N4. The third kappa shape index (κ3) is 1.88. The molecule has 4 nitrogen and oxygen atoms in total. The zero-order chi connectivity index (χ0) is 7.23. The summed E-state index contributed by atoms with van der Waals surface area (Å²) in [4.78, 5) is 3.82. The van der Waals surface area contributed by atoms with Crippen molar-refractivity contribution in [1.29, 1.82) is 0 Å². The average molecular weight is 136 g/mol. The first kappa shape index (κ1) is 6.78. The predicted octanol–water partition coefficient (Wildman–Crippen LogP) is -0.624. The predicted molar refractivity (Wildman–Crippen MR) is 37.2 cm³/mol. The lowest BCUT2D eigenvalue weighted by molar-refractivity contribution is 0.937. The number of hydrogen-bond donors (Lipinski definition) is 2. The smallest absolute Gasteiger partial charge is 0.200 e. The normalized spacial score (nSPS) is 8.50. The highest BCUT2D eigenvalue weighted by atomic mass is 15.2. The topological polar surface area (TPSA) is 53.6 Å². The van der Waals surface area contributed by atoms with E-state index in [9.17, 15) is 0 Å². The lowest BCUT2D eigenvalue weighted by atomic mass is 10.5. The van der Waals surface area contributed by atoms with Crippen molar-refractivity contribution in [2.75, 3.05) is 13.6 Å². The molecule has 0 aromatic carbocycles. The molecule has 0 aliphatic rings. The molecule has 1 aromatic heterocycles. The molecule has 0 saturated carbocycles. The molecule has 0 saturated heterocycles. The molecule has 1 aromatic rings. The second-order valence-corrected chi connectivity index (χ2v) is 1.67. The summed E-state index contributed by atoms with van der Waals surface area (Å²) in [6.07, 6.45) is 1.43. The van der Waals surface area contributed by atoms with Crippen molar-refractivity contribution in [3.63, 3.8) is 0 Å². The Morgan fingerprint density at radius 3 is 3.30 bits per heavy atom. The number of rotatable bonds is 1. The van der Waals surface area contributed by atoms with Gasteiger partial charge in [-0.05, 0) is 13.0 Å². The Kier molecular flexibility index (Phi) is 2.47. The average Bonchev–Trinajstić information content (AvgIpc) is 2.41. The molecule has 0 fully saturated rings. The molecule has 52 valence electrons. The number of nitrogens with zero attached hydrogens (tertiary/aromatic N) is 2. The maximum atomic E-state index is 3.82. The Morgan fingerprint density at radius 1 is 1.80 bits per heavy atom. The fourth-order valence-electron chi connectivity index (χ4n) is 0.482. The Hall–Kier alpha value is -1.34. The number of aromatic amines is 1. The van der Waals surface area contributed by atoms with Gasteiger partial charge in [-0.25, -0.2) is 4.98 Å². The number of aromatic nitrogens is 3. The Morgan fingerprint density at radius 2 is 2.70 bits per heavy atom. The van der Waals surface area contributed by atoms with Crippen LogP contribution >= 0.6 is 0 Å². The van der Waals surface area contributed by atoms with Crippen molar-refractivity contribution in [3.8, 4) is 11.8 Å². The lowest BCUT2D eigenvalue weighted by Crippen LogP contribution is -2.04. The number of hydrogen-bond acceptors (Lipinski definition) is 3.